The van der Waals surface area contributed by atoms with Gasteiger partial charge in [0.15, 0.2) is 0 Å². The number of nitrogens with zero attached hydrogens (tertiary/aromatic N) is 2. The number of benzene rings is 1. The zero-order valence-electron chi connectivity index (χ0n) is 11.8. The molecule has 0 unspecified atom stereocenters. The Morgan fingerprint density at radius 3 is 2.47 bits per heavy atom. The third-order valence-electron chi connectivity index (χ3n) is 3.06. The van der Waals surface area contributed by atoms with E-state index in [1.165, 1.54) is 10.6 Å². The van der Waals surface area contributed by atoms with Crippen LogP contribution in [0.25, 0.3) is 0 Å². The van der Waals surface area contributed by atoms with E-state index < -0.39 is 0 Å². The summed E-state index contributed by atoms with van der Waals surface area (Å²) in [6.07, 6.45) is 0. The van der Waals surface area contributed by atoms with Gasteiger partial charge in [-0.3, -0.25) is 0 Å². The summed E-state index contributed by atoms with van der Waals surface area (Å²) in [6.45, 7) is 7.96. The van der Waals surface area contributed by atoms with Crippen molar-refractivity contribution in [3.63, 3.8) is 0 Å². The molecule has 0 aliphatic rings. The summed E-state index contributed by atoms with van der Waals surface area (Å²) >= 11 is 1.72. The summed E-state index contributed by atoms with van der Waals surface area (Å²) in [6, 6.07) is 10.4. The topological polar surface area (TPSA) is 43.8 Å². The number of hydrogen-bond acceptors (Lipinski definition) is 3. The smallest absolute Gasteiger partial charge is 0.124 e. The quantitative estimate of drug-likeness (QED) is 0.906. The third kappa shape index (κ3) is 3.01. The molecule has 2 N–H and O–H groups in total. The van der Waals surface area contributed by atoms with E-state index in [0.29, 0.717) is 12.5 Å². The minimum atomic E-state index is 0.443. The lowest BCUT2D eigenvalue weighted by atomic mass is 10.1. The van der Waals surface area contributed by atoms with Crippen molar-refractivity contribution >= 4 is 11.8 Å². The second kappa shape index (κ2) is 6.26. The van der Waals surface area contributed by atoms with Crippen LogP contribution >= 0.6 is 11.8 Å². The first-order chi connectivity index (χ1) is 9.17. The van der Waals surface area contributed by atoms with E-state index in [0.717, 1.165) is 17.4 Å². The zero-order valence-corrected chi connectivity index (χ0v) is 12.6. The highest BCUT2D eigenvalue weighted by molar-refractivity contribution is 7.99. The maximum absolute atomic E-state index is 5.81. The van der Waals surface area contributed by atoms with Gasteiger partial charge in [0.05, 0.1) is 12.2 Å². The molecule has 0 aliphatic heterocycles. The van der Waals surface area contributed by atoms with E-state index >= 15 is 0 Å². The first-order valence-corrected chi connectivity index (χ1v) is 7.51. The average Bonchev–Trinajstić information content (AvgIpc) is 2.77. The summed E-state index contributed by atoms with van der Waals surface area (Å²) in [4.78, 5) is 5.93. The Hall–Kier alpha value is -1.26. The zero-order chi connectivity index (χ0) is 13.8. The van der Waals surface area contributed by atoms with Crippen molar-refractivity contribution in [2.75, 3.05) is 0 Å². The predicted molar refractivity (Wildman–Crippen MR) is 80.4 cm³/mol. The Kier molecular flexibility index (Phi) is 4.66. The van der Waals surface area contributed by atoms with Crippen LogP contribution in [0.2, 0.25) is 0 Å². The number of hydrogen-bond donors (Lipinski definition) is 1. The lowest BCUT2D eigenvalue weighted by Crippen LogP contribution is -2.10. The molecule has 0 amide bonds. The van der Waals surface area contributed by atoms with Crippen molar-refractivity contribution in [2.24, 2.45) is 5.73 Å². The normalized spacial score (nSPS) is 11.2. The van der Waals surface area contributed by atoms with E-state index in [2.05, 4.69) is 49.6 Å². The summed E-state index contributed by atoms with van der Waals surface area (Å²) in [5.74, 6) is 1.42. The van der Waals surface area contributed by atoms with E-state index in [4.69, 9.17) is 10.7 Å². The monoisotopic (exact) mass is 275 g/mol. The van der Waals surface area contributed by atoms with Gasteiger partial charge in [0.1, 0.15) is 10.9 Å². The first-order valence-electron chi connectivity index (χ1n) is 6.69. The van der Waals surface area contributed by atoms with Crippen LogP contribution in [-0.4, -0.2) is 9.55 Å². The summed E-state index contributed by atoms with van der Waals surface area (Å²) in [7, 11) is 0. The van der Waals surface area contributed by atoms with Crippen LogP contribution < -0.4 is 5.73 Å². The van der Waals surface area contributed by atoms with Gasteiger partial charge in [-0.05, 0) is 25.0 Å². The van der Waals surface area contributed by atoms with Crippen molar-refractivity contribution in [3.05, 3.63) is 41.9 Å². The van der Waals surface area contributed by atoms with Crippen LogP contribution in [0, 0.1) is 0 Å². The number of nitrogens with two attached hydrogens (primary N) is 1. The molecule has 2 rings (SSSR count). The minimum absolute atomic E-state index is 0.443. The lowest BCUT2D eigenvalue weighted by Gasteiger charge is -2.12. The molecular formula is C15H21N3S. The van der Waals surface area contributed by atoms with Gasteiger partial charge >= 0.3 is 0 Å². The van der Waals surface area contributed by atoms with E-state index in [-0.39, 0.29) is 0 Å². The maximum atomic E-state index is 5.81. The van der Waals surface area contributed by atoms with Crippen LogP contribution in [0.4, 0.5) is 0 Å². The maximum Gasteiger partial charge on any atom is 0.124 e. The second-order valence-corrected chi connectivity index (χ2v) is 5.80. The van der Waals surface area contributed by atoms with Crippen LogP contribution in [0.3, 0.4) is 0 Å². The fourth-order valence-corrected chi connectivity index (χ4v) is 3.35. The highest BCUT2D eigenvalue weighted by atomic mass is 32.2. The van der Waals surface area contributed by atoms with Crippen LogP contribution in [0.1, 0.15) is 38.2 Å². The Balaban J connectivity index is 2.42. The molecule has 0 fully saturated rings. The van der Waals surface area contributed by atoms with Gasteiger partial charge in [0, 0.05) is 11.4 Å². The van der Waals surface area contributed by atoms with Gasteiger partial charge < -0.3 is 10.3 Å². The summed E-state index contributed by atoms with van der Waals surface area (Å²) in [5.41, 5.74) is 7.10. The van der Waals surface area contributed by atoms with Crippen LogP contribution in [0.5, 0.6) is 0 Å². The fourth-order valence-electron chi connectivity index (χ4n) is 2.23. The Bertz CT molecular complexity index is 532. The van der Waals surface area contributed by atoms with E-state index in [1.54, 1.807) is 11.8 Å². The van der Waals surface area contributed by atoms with Crippen molar-refractivity contribution in [1.82, 2.24) is 9.55 Å². The minimum Gasteiger partial charge on any atom is -0.330 e. The Morgan fingerprint density at radius 2 is 1.95 bits per heavy atom. The van der Waals surface area contributed by atoms with E-state index in [1.807, 2.05) is 6.07 Å². The molecular weight excluding hydrogens is 254 g/mol. The molecule has 1 aromatic carbocycles. The van der Waals surface area contributed by atoms with E-state index in [9.17, 15) is 0 Å². The molecule has 0 atom stereocenters. The number of imidazole rings is 1. The molecule has 4 heteroatoms. The largest absolute Gasteiger partial charge is 0.330 e. The summed E-state index contributed by atoms with van der Waals surface area (Å²) in [5, 5.41) is 1.09. The molecule has 1 aromatic heterocycles. The average molecular weight is 275 g/mol. The standard InChI is InChI=1S/C15H21N3S/c1-4-18-13(10-16)17-15(14(18)11(2)3)19-12-8-6-5-7-9-12/h5-9,11H,4,10,16H2,1-3H3. The van der Waals surface area contributed by atoms with Crippen molar-refractivity contribution in [1.29, 1.82) is 0 Å². The Labute approximate surface area is 119 Å². The van der Waals surface area contributed by atoms with Crippen molar-refractivity contribution < 1.29 is 0 Å². The number of aromatic nitrogens is 2. The summed E-state index contributed by atoms with van der Waals surface area (Å²) < 4.78 is 2.25. The van der Waals surface area contributed by atoms with Gasteiger partial charge in [-0.1, -0.05) is 43.8 Å². The first kappa shape index (κ1) is 14.2. The SMILES string of the molecule is CCn1c(CN)nc(Sc2ccccc2)c1C(C)C. The highest BCUT2D eigenvalue weighted by Gasteiger charge is 2.18. The molecule has 2 aromatic rings. The molecule has 3 nitrogen and oxygen atoms in total. The van der Waals surface area contributed by atoms with Crippen molar-refractivity contribution in [2.45, 2.75) is 49.7 Å². The molecule has 19 heavy (non-hydrogen) atoms. The molecule has 1 heterocycles. The Morgan fingerprint density at radius 1 is 1.26 bits per heavy atom. The molecule has 102 valence electrons. The molecule has 0 saturated heterocycles. The highest BCUT2D eigenvalue weighted by Crippen LogP contribution is 2.34. The van der Waals surface area contributed by atoms with Gasteiger partial charge in [-0.15, -0.1) is 0 Å². The van der Waals surface area contributed by atoms with Crippen LogP contribution in [-0.2, 0) is 13.1 Å². The third-order valence-corrected chi connectivity index (χ3v) is 4.06. The van der Waals surface area contributed by atoms with Gasteiger partial charge in [-0.25, -0.2) is 4.98 Å². The second-order valence-electron chi connectivity index (χ2n) is 4.74. The van der Waals surface area contributed by atoms with Gasteiger partial charge in [-0.2, -0.15) is 0 Å². The fraction of sp³-hybridized carbons (Fsp3) is 0.400. The molecule has 0 saturated carbocycles. The van der Waals surface area contributed by atoms with Gasteiger partial charge in [0.25, 0.3) is 0 Å². The lowest BCUT2D eigenvalue weighted by molar-refractivity contribution is 0.632. The van der Waals surface area contributed by atoms with Gasteiger partial charge in [0.2, 0.25) is 0 Å². The van der Waals surface area contributed by atoms with Crippen molar-refractivity contribution in [3.8, 4) is 0 Å². The molecule has 0 bridgehead atoms. The molecule has 0 aliphatic carbocycles. The number of rotatable bonds is 5. The molecule has 0 radical (unpaired) electrons. The predicted octanol–water partition coefficient (Wildman–Crippen LogP) is 3.64. The molecule has 0 spiro atoms. The van der Waals surface area contributed by atoms with Crippen LogP contribution in [0.15, 0.2) is 40.3 Å².